The van der Waals surface area contributed by atoms with Crippen molar-refractivity contribution in [3.8, 4) is 112 Å². The van der Waals surface area contributed by atoms with E-state index >= 15 is 0 Å². The maximum Gasteiger partial charge on any atom is 0.167 e. The zero-order chi connectivity index (χ0) is 69.8. The fourth-order valence-electron chi connectivity index (χ4n) is 14.6. The van der Waals surface area contributed by atoms with Crippen molar-refractivity contribution in [1.29, 1.82) is 0 Å². The first kappa shape index (κ1) is 61.6. The molecule has 0 bridgehead atoms. The number of fused-ring (bicyclic) bond motifs is 14. The van der Waals surface area contributed by atoms with Crippen LogP contribution in [0.3, 0.4) is 0 Å². The summed E-state index contributed by atoms with van der Waals surface area (Å²) < 4.78 is 19.9. The van der Waals surface area contributed by atoms with Gasteiger partial charge in [-0.25, -0.2) is 39.9 Å². The number of benzene rings is 14. The van der Waals surface area contributed by atoms with Crippen LogP contribution in [0.1, 0.15) is 0 Å². The number of aromatic nitrogens is 8. The van der Waals surface area contributed by atoms with Crippen molar-refractivity contribution < 1.29 is 8.83 Å². The largest absolute Gasteiger partial charge is 0.456 e. The van der Waals surface area contributed by atoms with Crippen LogP contribution < -0.4 is 0 Å². The van der Waals surface area contributed by atoms with Gasteiger partial charge in [-0.2, -0.15) is 0 Å². The molecule has 0 saturated heterocycles. The van der Waals surface area contributed by atoms with E-state index in [-0.39, 0.29) is 0 Å². The first-order valence-corrected chi connectivity index (χ1v) is 38.0. The highest BCUT2D eigenvalue weighted by Gasteiger charge is 2.24. The molecule has 8 heterocycles. The third-order valence-corrected chi connectivity index (χ3v) is 24.2. The monoisotopic (exact) mass is 1430 g/mol. The average molecular weight is 1430 g/mol. The summed E-state index contributed by atoms with van der Waals surface area (Å²) in [6.45, 7) is 0. The van der Waals surface area contributed by atoms with Gasteiger partial charge in [0.2, 0.25) is 0 Å². The quantitative estimate of drug-likeness (QED) is 0.130. The zero-order valence-corrected chi connectivity index (χ0v) is 59.3. The fourth-order valence-corrected chi connectivity index (χ4v) is 19.1. The van der Waals surface area contributed by atoms with Crippen LogP contribution >= 0.6 is 45.3 Å². The van der Waals surface area contributed by atoms with Crippen LogP contribution in [0.5, 0.6) is 0 Å². The van der Waals surface area contributed by atoms with Gasteiger partial charge in [-0.15, -0.1) is 45.3 Å². The predicted molar refractivity (Wildman–Crippen MR) is 441 cm³/mol. The lowest BCUT2D eigenvalue weighted by Crippen LogP contribution is -2.00. The van der Waals surface area contributed by atoms with Gasteiger partial charge in [-0.3, -0.25) is 0 Å². The van der Waals surface area contributed by atoms with E-state index in [9.17, 15) is 0 Å². The van der Waals surface area contributed by atoms with E-state index in [4.69, 9.17) is 48.7 Å². The molecule has 0 radical (unpaired) electrons. The Morgan fingerprint density at radius 2 is 0.585 bits per heavy atom. The number of hydrogen-bond acceptors (Lipinski definition) is 14. The molecule has 22 rings (SSSR count). The standard InChI is InChI=1S/2C46H26N4OS2/c1-2-12-27(13-3-1)43-48-44(50-45(49-43)35-21-10-18-32-31-16-4-6-23-37(31)51-41(32)35)34-20-11-25-39-40(34)33-19-9-17-30(42(33)52-39)28-14-8-15-29(26-28)46-47-36-22-5-7-24-38(36)53-46;1-2-11-27(12-3-1)43-48-44(29-23-24-33-32-15-4-6-20-37(32)51-38(33)26-29)50-45(49-43)35-18-10-22-40-41(35)34-17-9-16-31(42(34)52-40)28-13-8-14-30(25-28)46-47-36-19-5-7-21-39(36)53-46/h2*1-26H. The summed E-state index contributed by atoms with van der Waals surface area (Å²) in [6.07, 6.45) is 0. The van der Waals surface area contributed by atoms with Crippen molar-refractivity contribution in [3.63, 3.8) is 0 Å². The third kappa shape index (κ3) is 10.7. The van der Waals surface area contributed by atoms with E-state index in [0.29, 0.717) is 34.9 Å². The number of thiazole rings is 2. The van der Waals surface area contributed by atoms with Crippen molar-refractivity contribution in [3.05, 3.63) is 315 Å². The highest BCUT2D eigenvalue weighted by molar-refractivity contribution is 7.27. The minimum atomic E-state index is 0.572. The molecule has 22 aromatic rings. The van der Waals surface area contributed by atoms with Crippen molar-refractivity contribution in [2.24, 2.45) is 0 Å². The molecule has 14 aromatic carbocycles. The smallest absolute Gasteiger partial charge is 0.167 e. The molecule has 0 atom stereocenters. The van der Waals surface area contributed by atoms with Gasteiger partial charge in [0, 0.05) is 101 Å². The maximum atomic E-state index is 6.45. The molecule has 14 heteroatoms. The predicted octanol–water partition coefficient (Wildman–Crippen LogP) is 26.2. The molecule has 496 valence electrons. The Morgan fingerprint density at radius 3 is 1.14 bits per heavy atom. The van der Waals surface area contributed by atoms with Gasteiger partial charge in [-0.1, -0.05) is 237 Å². The number of hydrogen-bond donors (Lipinski definition) is 0. The second kappa shape index (κ2) is 25.4. The van der Waals surface area contributed by atoms with E-state index < -0.39 is 0 Å². The molecule has 8 aromatic heterocycles. The Labute approximate surface area is 621 Å². The minimum absolute atomic E-state index is 0.572. The van der Waals surface area contributed by atoms with Crippen molar-refractivity contribution >= 4 is 150 Å². The van der Waals surface area contributed by atoms with Gasteiger partial charge >= 0.3 is 0 Å². The van der Waals surface area contributed by atoms with Gasteiger partial charge in [0.15, 0.2) is 34.9 Å². The number of nitrogens with zero attached hydrogens (tertiary/aromatic N) is 8. The number of para-hydroxylation sites is 5. The summed E-state index contributed by atoms with van der Waals surface area (Å²) >= 11 is 7.07. The first-order chi connectivity index (χ1) is 52.5. The second-order valence-electron chi connectivity index (χ2n) is 26.0. The van der Waals surface area contributed by atoms with Crippen molar-refractivity contribution in [2.75, 3.05) is 0 Å². The van der Waals surface area contributed by atoms with E-state index in [2.05, 4.69) is 188 Å². The topological polar surface area (TPSA) is 129 Å². The molecule has 10 nitrogen and oxygen atoms in total. The average Bonchev–Trinajstić information content (AvgIpc) is 1.59. The van der Waals surface area contributed by atoms with Gasteiger partial charge in [0.1, 0.15) is 32.3 Å². The van der Waals surface area contributed by atoms with Gasteiger partial charge in [0.25, 0.3) is 0 Å². The number of furan rings is 2. The van der Waals surface area contributed by atoms with Crippen molar-refractivity contribution in [1.82, 2.24) is 39.9 Å². The highest BCUT2D eigenvalue weighted by Crippen LogP contribution is 2.48. The SMILES string of the molecule is c1ccc(-c2nc(-c3ccc4c(c3)oc3ccccc34)nc(-c3cccc4sc5c(-c6cccc(-c7nc8ccccc8s7)c6)cccc5c34)n2)cc1.c1ccc(-c2nc(-c3cccc4c3oc3ccccc34)nc(-c3cccc4sc5c(-c6cccc(-c7nc8ccccc8s7)c6)cccc5c34)n2)cc1. The fraction of sp³-hybridized carbons (Fsp3) is 0. The van der Waals surface area contributed by atoms with Gasteiger partial charge < -0.3 is 8.83 Å². The lowest BCUT2D eigenvalue weighted by molar-refractivity contribution is 0.669. The van der Waals surface area contributed by atoms with Crippen LogP contribution in [-0.4, -0.2) is 39.9 Å². The molecular formula is C92H52N8O2S4. The second-order valence-corrected chi connectivity index (χ2v) is 30.2. The molecule has 0 spiro atoms. The summed E-state index contributed by atoms with van der Waals surface area (Å²) in [7, 11) is 0. The molecule has 106 heavy (non-hydrogen) atoms. The van der Waals surface area contributed by atoms with Gasteiger partial charge in [-0.05, 0) is 101 Å². The summed E-state index contributed by atoms with van der Waals surface area (Å²) in [6, 6.07) is 109. The van der Waals surface area contributed by atoms with Crippen LogP contribution in [0.2, 0.25) is 0 Å². The number of thiophene rings is 2. The maximum absolute atomic E-state index is 6.45. The summed E-state index contributed by atoms with van der Waals surface area (Å²) in [5.74, 6) is 3.66. The normalized spacial score (nSPS) is 11.8. The van der Waals surface area contributed by atoms with E-state index in [1.807, 2.05) is 127 Å². The van der Waals surface area contributed by atoms with Crippen LogP contribution in [0.25, 0.3) is 216 Å². The Kier molecular flexibility index (Phi) is 14.8. The molecule has 0 saturated carbocycles. The van der Waals surface area contributed by atoms with Crippen molar-refractivity contribution in [2.45, 2.75) is 0 Å². The molecule has 0 N–H and O–H groups in total. The minimum Gasteiger partial charge on any atom is -0.456 e. The third-order valence-electron chi connectivity index (χ3n) is 19.6. The Bertz CT molecular complexity index is 7190. The summed E-state index contributed by atoms with van der Waals surface area (Å²) in [4.78, 5) is 40.6. The molecule has 0 aliphatic rings. The number of rotatable bonds is 10. The van der Waals surface area contributed by atoms with Crippen LogP contribution in [0.4, 0.5) is 0 Å². The van der Waals surface area contributed by atoms with E-state index in [1.54, 1.807) is 45.3 Å². The molecular weight excluding hydrogens is 1380 g/mol. The van der Waals surface area contributed by atoms with E-state index in [1.165, 1.54) is 50.1 Å². The molecule has 0 unspecified atom stereocenters. The molecule has 0 aliphatic carbocycles. The summed E-state index contributed by atoms with van der Waals surface area (Å²) in [5, 5.41) is 10.9. The van der Waals surface area contributed by atoms with Crippen LogP contribution in [-0.2, 0) is 0 Å². The molecule has 0 amide bonds. The van der Waals surface area contributed by atoms with Crippen LogP contribution in [0.15, 0.2) is 324 Å². The lowest BCUT2D eigenvalue weighted by Gasteiger charge is -2.10. The summed E-state index contributed by atoms with van der Waals surface area (Å²) in [5.41, 5.74) is 17.8. The Hall–Kier alpha value is -13.1. The Balaban J connectivity index is 0.000000136. The molecule has 0 aliphatic heterocycles. The van der Waals surface area contributed by atoms with E-state index in [0.717, 1.165) is 131 Å². The zero-order valence-electron chi connectivity index (χ0n) is 56.0. The van der Waals surface area contributed by atoms with Crippen LogP contribution in [0, 0.1) is 0 Å². The Morgan fingerprint density at radius 1 is 0.208 bits per heavy atom. The highest BCUT2D eigenvalue weighted by atomic mass is 32.1. The molecule has 0 fully saturated rings. The first-order valence-electron chi connectivity index (χ1n) is 34.8. The van der Waals surface area contributed by atoms with Gasteiger partial charge in [0.05, 0.1) is 26.0 Å². The lowest BCUT2D eigenvalue weighted by atomic mass is 9.99.